The number of rotatable bonds is 4. The van der Waals surface area contributed by atoms with Crippen molar-refractivity contribution in [2.75, 3.05) is 7.05 Å². The Labute approximate surface area is 118 Å². The third-order valence-corrected chi connectivity index (χ3v) is 6.16. The van der Waals surface area contributed by atoms with Crippen LogP contribution in [0.1, 0.15) is 25.7 Å². The van der Waals surface area contributed by atoms with E-state index in [1.54, 1.807) is 7.05 Å². The van der Waals surface area contributed by atoms with Gasteiger partial charge in [0.15, 0.2) is 9.84 Å². The second-order valence-corrected chi connectivity index (χ2v) is 7.12. The molecule has 1 aromatic carbocycles. The molecular formula is C13H18N2O4S. The fourth-order valence-corrected chi connectivity index (χ4v) is 5.02. The van der Waals surface area contributed by atoms with Crippen LogP contribution >= 0.6 is 0 Å². The summed E-state index contributed by atoms with van der Waals surface area (Å²) in [4.78, 5) is 10.2. The third kappa shape index (κ3) is 2.69. The Morgan fingerprint density at radius 3 is 2.55 bits per heavy atom. The molecule has 0 aliphatic heterocycles. The minimum absolute atomic E-state index is 0.145. The van der Waals surface area contributed by atoms with Crippen LogP contribution in [-0.2, 0) is 9.84 Å². The number of nitro benzene ring substituents is 1. The molecule has 0 radical (unpaired) electrons. The van der Waals surface area contributed by atoms with E-state index in [2.05, 4.69) is 5.32 Å². The second kappa shape index (κ2) is 5.88. The summed E-state index contributed by atoms with van der Waals surface area (Å²) in [5.74, 6) is 0. The van der Waals surface area contributed by atoms with Gasteiger partial charge in [0, 0.05) is 12.1 Å². The highest BCUT2D eigenvalue weighted by molar-refractivity contribution is 7.92. The average molecular weight is 298 g/mol. The van der Waals surface area contributed by atoms with Crippen molar-refractivity contribution in [2.24, 2.45) is 0 Å². The number of benzene rings is 1. The molecule has 0 bridgehead atoms. The highest BCUT2D eigenvalue weighted by Gasteiger charge is 2.38. The molecule has 1 saturated carbocycles. The van der Waals surface area contributed by atoms with Crippen LogP contribution in [0.15, 0.2) is 29.2 Å². The molecule has 110 valence electrons. The van der Waals surface area contributed by atoms with Gasteiger partial charge in [0.25, 0.3) is 5.69 Å². The van der Waals surface area contributed by atoms with E-state index in [0.717, 1.165) is 19.3 Å². The van der Waals surface area contributed by atoms with E-state index in [0.29, 0.717) is 6.42 Å². The highest BCUT2D eigenvalue weighted by atomic mass is 32.2. The first-order valence-electron chi connectivity index (χ1n) is 6.63. The van der Waals surface area contributed by atoms with Gasteiger partial charge in [-0.3, -0.25) is 10.1 Å². The SMILES string of the molecule is CNC1CCCCC1S(=O)(=O)c1ccccc1[N+](=O)[O-]. The maximum atomic E-state index is 12.7. The lowest BCUT2D eigenvalue weighted by Gasteiger charge is -2.30. The van der Waals surface area contributed by atoms with Gasteiger partial charge in [-0.15, -0.1) is 0 Å². The molecule has 2 atom stereocenters. The molecule has 0 saturated heterocycles. The Morgan fingerprint density at radius 2 is 1.90 bits per heavy atom. The van der Waals surface area contributed by atoms with Crippen LogP contribution in [-0.4, -0.2) is 31.7 Å². The van der Waals surface area contributed by atoms with E-state index < -0.39 is 20.0 Å². The van der Waals surface area contributed by atoms with E-state index in [1.807, 2.05) is 0 Å². The van der Waals surface area contributed by atoms with Crippen molar-refractivity contribution >= 4 is 15.5 Å². The van der Waals surface area contributed by atoms with Crippen LogP contribution in [0.4, 0.5) is 5.69 Å². The first-order valence-corrected chi connectivity index (χ1v) is 8.17. The lowest BCUT2D eigenvalue weighted by atomic mass is 9.95. The Balaban J connectivity index is 2.47. The summed E-state index contributed by atoms with van der Waals surface area (Å²) in [6.07, 6.45) is 3.14. The zero-order valence-corrected chi connectivity index (χ0v) is 12.1. The van der Waals surface area contributed by atoms with Crippen LogP contribution < -0.4 is 5.32 Å². The number of sulfone groups is 1. The van der Waals surface area contributed by atoms with Gasteiger partial charge < -0.3 is 5.32 Å². The van der Waals surface area contributed by atoms with Gasteiger partial charge in [-0.1, -0.05) is 25.0 Å². The van der Waals surface area contributed by atoms with E-state index in [9.17, 15) is 18.5 Å². The first-order chi connectivity index (χ1) is 9.48. The molecule has 6 nitrogen and oxygen atoms in total. The molecule has 1 aliphatic rings. The van der Waals surface area contributed by atoms with Crippen LogP contribution in [0.5, 0.6) is 0 Å². The number of nitro groups is 1. The summed E-state index contributed by atoms with van der Waals surface area (Å²) in [7, 11) is -1.97. The van der Waals surface area contributed by atoms with E-state index >= 15 is 0 Å². The number of hydrogen-bond donors (Lipinski definition) is 1. The van der Waals surface area contributed by atoms with Crippen molar-refractivity contribution in [3.8, 4) is 0 Å². The van der Waals surface area contributed by atoms with Crippen molar-refractivity contribution in [2.45, 2.75) is 41.9 Å². The van der Waals surface area contributed by atoms with Crippen LogP contribution in [0.3, 0.4) is 0 Å². The Bertz CT molecular complexity index is 600. The van der Waals surface area contributed by atoms with Gasteiger partial charge in [-0.05, 0) is 26.0 Å². The fourth-order valence-electron chi connectivity index (χ4n) is 2.81. The molecule has 0 aromatic heterocycles. The van der Waals surface area contributed by atoms with Gasteiger partial charge in [0.1, 0.15) is 4.90 Å². The van der Waals surface area contributed by atoms with Gasteiger partial charge in [0.2, 0.25) is 0 Å². The zero-order chi connectivity index (χ0) is 14.8. The van der Waals surface area contributed by atoms with Crippen LogP contribution in [0.2, 0.25) is 0 Å². The molecule has 1 aromatic rings. The lowest BCUT2D eigenvalue weighted by Crippen LogP contribution is -2.44. The van der Waals surface area contributed by atoms with Crippen molar-refractivity contribution < 1.29 is 13.3 Å². The Morgan fingerprint density at radius 1 is 1.25 bits per heavy atom. The molecule has 2 rings (SSSR count). The molecule has 1 aliphatic carbocycles. The summed E-state index contributed by atoms with van der Waals surface area (Å²) in [6.45, 7) is 0. The molecule has 0 amide bonds. The third-order valence-electron chi connectivity index (χ3n) is 3.84. The summed E-state index contributed by atoms with van der Waals surface area (Å²) >= 11 is 0. The van der Waals surface area contributed by atoms with Gasteiger partial charge in [-0.2, -0.15) is 0 Å². The summed E-state index contributed by atoms with van der Waals surface area (Å²) in [5.41, 5.74) is -0.340. The minimum Gasteiger partial charge on any atom is -0.316 e. The largest absolute Gasteiger partial charge is 0.316 e. The molecule has 2 unspecified atom stereocenters. The monoisotopic (exact) mass is 298 g/mol. The quantitative estimate of drug-likeness (QED) is 0.677. The standard InChI is InChI=1S/C13H18N2O4S/c1-14-10-6-2-4-8-12(10)20(18,19)13-9-5-3-7-11(13)15(16)17/h3,5,7,9-10,12,14H,2,4,6,8H2,1H3. The predicted molar refractivity (Wildman–Crippen MR) is 75.4 cm³/mol. The van der Waals surface area contributed by atoms with Crippen molar-refractivity contribution in [1.82, 2.24) is 5.32 Å². The topological polar surface area (TPSA) is 89.3 Å². The first kappa shape index (κ1) is 14.9. The molecule has 1 N–H and O–H groups in total. The normalized spacial score (nSPS) is 23.4. The van der Waals surface area contributed by atoms with Crippen molar-refractivity contribution in [3.63, 3.8) is 0 Å². The number of nitrogens with zero attached hydrogens (tertiary/aromatic N) is 1. The average Bonchev–Trinajstić information content (AvgIpc) is 2.47. The molecule has 0 spiro atoms. The van der Waals surface area contributed by atoms with E-state index in [1.165, 1.54) is 24.3 Å². The Kier molecular flexibility index (Phi) is 4.39. The smallest absolute Gasteiger partial charge is 0.287 e. The van der Waals surface area contributed by atoms with Crippen LogP contribution in [0, 0.1) is 10.1 Å². The summed E-state index contributed by atoms with van der Waals surface area (Å²) in [5, 5.41) is 13.5. The van der Waals surface area contributed by atoms with Gasteiger partial charge in [0.05, 0.1) is 10.2 Å². The Hall–Kier alpha value is -1.47. The van der Waals surface area contributed by atoms with Crippen molar-refractivity contribution in [1.29, 1.82) is 0 Å². The number of hydrogen-bond acceptors (Lipinski definition) is 5. The van der Waals surface area contributed by atoms with E-state index in [4.69, 9.17) is 0 Å². The van der Waals surface area contributed by atoms with Gasteiger partial charge >= 0.3 is 0 Å². The van der Waals surface area contributed by atoms with Crippen LogP contribution in [0.25, 0.3) is 0 Å². The highest BCUT2D eigenvalue weighted by Crippen LogP contribution is 2.33. The summed E-state index contributed by atoms with van der Waals surface area (Å²) < 4.78 is 25.5. The lowest BCUT2D eigenvalue weighted by molar-refractivity contribution is -0.387. The van der Waals surface area contributed by atoms with Gasteiger partial charge in [-0.25, -0.2) is 8.42 Å². The fraction of sp³-hybridized carbons (Fsp3) is 0.538. The predicted octanol–water partition coefficient (Wildman–Crippen LogP) is 1.90. The molecular weight excluding hydrogens is 280 g/mol. The zero-order valence-electron chi connectivity index (χ0n) is 11.3. The minimum atomic E-state index is -3.70. The molecule has 20 heavy (non-hydrogen) atoms. The second-order valence-electron chi connectivity index (χ2n) is 4.99. The number of para-hydroxylation sites is 1. The maximum absolute atomic E-state index is 12.7. The van der Waals surface area contributed by atoms with E-state index in [-0.39, 0.29) is 16.6 Å². The molecule has 1 fully saturated rings. The summed E-state index contributed by atoms with van der Waals surface area (Å²) in [6, 6.07) is 5.43. The maximum Gasteiger partial charge on any atom is 0.287 e. The molecule has 7 heteroatoms. The number of nitrogens with one attached hydrogen (secondary N) is 1. The van der Waals surface area contributed by atoms with Crippen molar-refractivity contribution in [3.05, 3.63) is 34.4 Å². The molecule has 0 heterocycles.